The van der Waals surface area contributed by atoms with Crippen molar-refractivity contribution < 1.29 is 26.8 Å². The molecule has 0 radical (unpaired) electrons. The third-order valence-corrected chi connectivity index (χ3v) is 3.89. The molecule has 3 aromatic rings. The van der Waals surface area contributed by atoms with Crippen LogP contribution in [-0.2, 0) is 6.18 Å². The molecule has 0 aliphatic heterocycles. The van der Waals surface area contributed by atoms with Gasteiger partial charge in [-0.1, -0.05) is 22.0 Å². The minimum Gasteiger partial charge on any atom is -0.416 e. The Morgan fingerprint density at radius 3 is 2.42 bits per heavy atom. The average molecular weight is 430 g/mol. The van der Waals surface area contributed by atoms with Gasteiger partial charge in [0.2, 0.25) is 11.8 Å². The quantitative estimate of drug-likeness (QED) is 0.624. The van der Waals surface area contributed by atoms with Gasteiger partial charge in [0.15, 0.2) is 0 Å². The fourth-order valence-electron chi connectivity index (χ4n) is 2.24. The van der Waals surface area contributed by atoms with Crippen molar-refractivity contribution in [2.45, 2.75) is 6.18 Å². The van der Waals surface area contributed by atoms with Crippen molar-refractivity contribution in [3.8, 4) is 22.9 Å². The first-order valence-electron chi connectivity index (χ1n) is 6.97. The zero-order chi connectivity index (χ0) is 19.1. The van der Waals surface area contributed by atoms with Gasteiger partial charge in [-0.3, -0.25) is 4.79 Å². The molecule has 0 aliphatic rings. The minimum atomic E-state index is -4.85. The molecular weight excluding hydrogens is 422 g/mol. The average Bonchev–Trinajstić information content (AvgIpc) is 3.02. The maximum absolute atomic E-state index is 14.3. The van der Waals surface area contributed by atoms with Crippen LogP contribution >= 0.6 is 15.9 Å². The molecule has 2 aromatic carbocycles. The fourth-order valence-corrected chi connectivity index (χ4v) is 2.64. The van der Waals surface area contributed by atoms with Crippen LogP contribution in [0.1, 0.15) is 15.9 Å². The Hall–Kier alpha value is -2.75. The van der Waals surface area contributed by atoms with Crippen LogP contribution in [0.5, 0.6) is 0 Å². The number of alkyl halides is 3. The van der Waals surface area contributed by atoms with Crippen molar-refractivity contribution in [2.24, 2.45) is 5.73 Å². The molecule has 1 aromatic heterocycles. The Labute approximate surface area is 152 Å². The van der Waals surface area contributed by atoms with Crippen LogP contribution in [0.2, 0.25) is 0 Å². The molecule has 10 heteroatoms. The van der Waals surface area contributed by atoms with E-state index in [1.54, 1.807) is 24.3 Å². The van der Waals surface area contributed by atoms with Crippen LogP contribution in [-0.4, -0.2) is 16.1 Å². The van der Waals surface area contributed by atoms with Crippen LogP contribution in [0.25, 0.3) is 22.9 Å². The fraction of sp³-hybridized carbons (Fsp3) is 0.0625. The number of nitrogens with two attached hydrogens (primary N) is 1. The molecule has 0 saturated carbocycles. The largest absolute Gasteiger partial charge is 0.416 e. The topological polar surface area (TPSA) is 82.0 Å². The monoisotopic (exact) mass is 429 g/mol. The van der Waals surface area contributed by atoms with Crippen LogP contribution in [0.3, 0.4) is 0 Å². The molecule has 0 spiro atoms. The first kappa shape index (κ1) is 18.1. The van der Waals surface area contributed by atoms with Crippen molar-refractivity contribution >= 4 is 21.8 Å². The zero-order valence-electron chi connectivity index (χ0n) is 12.6. The third kappa shape index (κ3) is 3.45. The van der Waals surface area contributed by atoms with Crippen LogP contribution in [0.15, 0.2) is 45.3 Å². The lowest BCUT2D eigenvalue weighted by atomic mass is 10.0. The highest BCUT2D eigenvalue weighted by atomic mass is 79.9. The highest BCUT2D eigenvalue weighted by Crippen LogP contribution is 2.35. The summed E-state index contributed by atoms with van der Waals surface area (Å²) < 4.78 is 58.9. The zero-order valence-corrected chi connectivity index (χ0v) is 14.2. The normalized spacial score (nSPS) is 11.6. The molecule has 0 atom stereocenters. The Morgan fingerprint density at radius 2 is 1.81 bits per heavy atom. The van der Waals surface area contributed by atoms with Gasteiger partial charge in [0.05, 0.1) is 16.7 Å². The number of benzene rings is 2. The summed E-state index contributed by atoms with van der Waals surface area (Å²) in [5.74, 6) is -3.07. The van der Waals surface area contributed by atoms with Gasteiger partial charge in [-0.2, -0.15) is 13.2 Å². The second-order valence-corrected chi connectivity index (χ2v) is 6.08. The first-order valence-corrected chi connectivity index (χ1v) is 7.76. The van der Waals surface area contributed by atoms with Gasteiger partial charge in [0, 0.05) is 10.0 Å². The number of hydrogen-bond donors (Lipinski definition) is 1. The van der Waals surface area contributed by atoms with Crippen molar-refractivity contribution in [3.05, 3.63) is 57.8 Å². The molecule has 3 rings (SSSR count). The van der Waals surface area contributed by atoms with Gasteiger partial charge < -0.3 is 10.2 Å². The summed E-state index contributed by atoms with van der Waals surface area (Å²) >= 11 is 3.26. The number of aromatic nitrogens is 2. The lowest BCUT2D eigenvalue weighted by Crippen LogP contribution is -2.16. The van der Waals surface area contributed by atoms with E-state index >= 15 is 0 Å². The number of halogens is 5. The summed E-state index contributed by atoms with van der Waals surface area (Å²) in [6.07, 6.45) is -4.85. The van der Waals surface area contributed by atoms with Crippen molar-refractivity contribution in [3.63, 3.8) is 0 Å². The number of rotatable bonds is 3. The Balaban J connectivity index is 2.14. The third-order valence-electron chi connectivity index (χ3n) is 3.39. The highest BCUT2D eigenvalue weighted by molar-refractivity contribution is 9.10. The van der Waals surface area contributed by atoms with Crippen molar-refractivity contribution in [2.75, 3.05) is 0 Å². The van der Waals surface area contributed by atoms with E-state index in [1.165, 1.54) is 0 Å². The molecule has 0 saturated heterocycles. The van der Waals surface area contributed by atoms with E-state index in [0.717, 1.165) is 0 Å². The van der Waals surface area contributed by atoms with Gasteiger partial charge in [-0.25, -0.2) is 4.39 Å². The number of hydrogen-bond acceptors (Lipinski definition) is 4. The number of primary amides is 1. The summed E-state index contributed by atoms with van der Waals surface area (Å²) in [6, 6.07) is 7.42. The van der Waals surface area contributed by atoms with E-state index in [0.29, 0.717) is 16.1 Å². The number of nitrogens with zero attached hydrogens (tertiary/aromatic N) is 2. The van der Waals surface area contributed by atoms with E-state index in [2.05, 4.69) is 26.1 Å². The van der Waals surface area contributed by atoms with E-state index in [1.807, 2.05) is 0 Å². The molecule has 26 heavy (non-hydrogen) atoms. The van der Waals surface area contributed by atoms with E-state index in [-0.39, 0.29) is 12.0 Å². The summed E-state index contributed by atoms with van der Waals surface area (Å²) in [5, 5.41) is 7.37. The number of carbonyl (C=O) groups is 1. The Kier molecular flexibility index (Phi) is 4.53. The van der Waals surface area contributed by atoms with Gasteiger partial charge >= 0.3 is 6.18 Å². The number of amides is 1. The van der Waals surface area contributed by atoms with E-state index in [4.69, 9.17) is 10.2 Å². The van der Waals surface area contributed by atoms with Crippen molar-refractivity contribution in [1.82, 2.24) is 10.2 Å². The minimum absolute atomic E-state index is 0.00369. The summed E-state index contributed by atoms with van der Waals surface area (Å²) in [7, 11) is 0. The van der Waals surface area contributed by atoms with Gasteiger partial charge in [-0.05, 0) is 30.3 Å². The lowest BCUT2D eigenvalue weighted by Gasteiger charge is -2.11. The van der Waals surface area contributed by atoms with Gasteiger partial charge in [0.25, 0.3) is 5.89 Å². The molecule has 0 unspecified atom stereocenters. The standard InChI is InChI=1S/C16H8BrF4N3O2/c17-9-3-1-2-7(4-9)14-23-24-15(26-14)12-10(13(22)25)5-8(6-11(12)18)16(19,20)21/h1-6H,(H2,22,25). The molecular formula is C16H8BrF4N3O2. The van der Waals surface area contributed by atoms with E-state index < -0.39 is 40.5 Å². The Bertz CT molecular complexity index is 1000. The van der Waals surface area contributed by atoms with Gasteiger partial charge in [0.1, 0.15) is 5.82 Å². The van der Waals surface area contributed by atoms with Crippen LogP contribution in [0, 0.1) is 5.82 Å². The smallest absolute Gasteiger partial charge is 0.416 e. The predicted molar refractivity (Wildman–Crippen MR) is 86.3 cm³/mol. The highest BCUT2D eigenvalue weighted by Gasteiger charge is 2.34. The second kappa shape index (κ2) is 6.52. The Morgan fingerprint density at radius 1 is 1.12 bits per heavy atom. The molecule has 1 heterocycles. The van der Waals surface area contributed by atoms with Gasteiger partial charge in [-0.15, -0.1) is 10.2 Å². The SMILES string of the molecule is NC(=O)c1cc(C(F)(F)F)cc(F)c1-c1nnc(-c2cccc(Br)c2)o1. The summed E-state index contributed by atoms with van der Waals surface area (Å²) in [4.78, 5) is 11.5. The predicted octanol–water partition coefficient (Wildman–Crippen LogP) is 4.42. The lowest BCUT2D eigenvalue weighted by molar-refractivity contribution is -0.137. The van der Waals surface area contributed by atoms with Crippen LogP contribution in [0.4, 0.5) is 17.6 Å². The number of carbonyl (C=O) groups excluding carboxylic acids is 1. The van der Waals surface area contributed by atoms with Crippen molar-refractivity contribution in [1.29, 1.82) is 0 Å². The first-order chi connectivity index (χ1) is 12.2. The molecule has 1 amide bonds. The van der Waals surface area contributed by atoms with Crippen LogP contribution < -0.4 is 5.73 Å². The second-order valence-electron chi connectivity index (χ2n) is 5.17. The maximum Gasteiger partial charge on any atom is 0.416 e. The maximum atomic E-state index is 14.3. The summed E-state index contributed by atoms with van der Waals surface area (Å²) in [6.45, 7) is 0. The molecule has 0 aliphatic carbocycles. The molecule has 2 N–H and O–H groups in total. The molecule has 0 bridgehead atoms. The summed E-state index contributed by atoms with van der Waals surface area (Å²) in [5.41, 5.74) is 2.95. The van der Waals surface area contributed by atoms with E-state index in [9.17, 15) is 22.4 Å². The molecule has 134 valence electrons. The molecule has 0 fully saturated rings. The molecule has 5 nitrogen and oxygen atoms in total.